The van der Waals surface area contributed by atoms with Gasteiger partial charge in [-0.25, -0.2) is 0 Å². The molecule has 1 amide bonds. The smallest absolute Gasteiger partial charge is 0.229 e. The van der Waals surface area contributed by atoms with E-state index in [1.54, 1.807) is 0 Å². The molecule has 2 rings (SSSR count). The third-order valence-electron chi connectivity index (χ3n) is 4.07. The van der Waals surface area contributed by atoms with Crippen molar-refractivity contribution in [3.8, 4) is 0 Å². The molecule has 0 aromatic heterocycles. The standard InChI is InChI=1S/C15H25NO2/c1-4-6-7-11(3)16-12-9-13(15(16)17)14(10-12)18-8-5-2/h6-7,11-14H,4-5,8-10H2,1-3H3/b7-6-/t11?,12-,13+,14+/m0/s1. The Morgan fingerprint density at radius 2 is 2.22 bits per heavy atom. The summed E-state index contributed by atoms with van der Waals surface area (Å²) in [5.74, 6) is 0.430. The lowest BCUT2D eigenvalue weighted by Gasteiger charge is -2.34. The largest absolute Gasteiger partial charge is 0.377 e. The summed E-state index contributed by atoms with van der Waals surface area (Å²) in [6.07, 6.45) is 8.57. The lowest BCUT2D eigenvalue weighted by molar-refractivity contribution is -0.141. The first-order chi connectivity index (χ1) is 8.69. The van der Waals surface area contributed by atoms with Gasteiger partial charge >= 0.3 is 0 Å². The summed E-state index contributed by atoms with van der Waals surface area (Å²) in [6.45, 7) is 7.13. The van der Waals surface area contributed by atoms with Gasteiger partial charge in [-0.05, 0) is 32.6 Å². The van der Waals surface area contributed by atoms with E-state index in [2.05, 4.69) is 37.8 Å². The van der Waals surface area contributed by atoms with E-state index in [1.807, 2.05) is 0 Å². The van der Waals surface area contributed by atoms with Crippen molar-refractivity contribution in [1.82, 2.24) is 4.90 Å². The van der Waals surface area contributed by atoms with Crippen LogP contribution in [0.3, 0.4) is 0 Å². The first kappa shape index (κ1) is 13.6. The molecule has 1 saturated carbocycles. The number of hydrogen-bond acceptors (Lipinski definition) is 2. The van der Waals surface area contributed by atoms with Gasteiger partial charge < -0.3 is 9.64 Å². The van der Waals surface area contributed by atoms with Crippen molar-refractivity contribution in [2.75, 3.05) is 6.61 Å². The van der Waals surface area contributed by atoms with Crippen LogP contribution >= 0.6 is 0 Å². The van der Waals surface area contributed by atoms with Crippen LogP contribution in [-0.2, 0) is 9.53 Å². The molecule has 2 fully saturated rings. The van der Waals surface area contributed by atoms with Crippen LogP contribution in [0.25, 0.3) is 0 Å². The summed E-state index contributed by atoms with van der Waals surface area (Å²) in [5, 5.41) is 0. The Morgan fingerprint density at radius 3 is 2.83 bits per heavy atom. The van der Waals surface area contributed by atoms with Gasteiger partial charge in [0.2, 0.25) is 5.91 Å². The van der Waals surface area contributed by atoms with Crippen LogP contribution in [0.15, 0.2) is 12.2 Å². The number of piperidine rings is 1. The van der Waals surface area contributed by atoms with Gasteiger partial charge in [0.25, 0.3) is 0 Å². The van der Waals surface area contributed by atoms with Gasteiger partial charge in [0.05, 0.1) is 12.0 Å². The normalized spacial score (nSPS) is 32.7. The zero-order valence-electron chi connectivity index (χ0n) is 11.8. The first-order valence-corrected chi connectivity index (χ1v) is 7.29. The first-order valence-electron chi connectivity index (χ1n) is 7.29. The summed E-state index contributed by atoms with van der Waals surface area (Å²) in [6, 6.07) is 0.639. The topological polar surface area (TPSA) is 29.5 Å². The summed E-state index contributed by atoms with van der Waals surface area (Å²) in [4.78, 5) is 14.4. The van der Waals surface area contributed by atoms with Crippen molar-refractivity contribution in [3.05, 3.63) is 12.2 Å². The Morgan fingerprint density at radius 1 is 1.44 bits per heavy atom. The van der Waals surface area contributed by atoms with Crippen molar-refractivity contribution in [1.29, 1.82) is 0 Å². The lowest BCUT2D eigenvalue weighted by atomic mass is 10.0. The third kappa shape index (κ3) is 2.46. The summed E-state index contributed by atoms with van der Waals surface area (Å²) < 4.78 is 5.80. The summed E-state index contributed by atoms with van der Waals surface area (Å²) in [5.41, 5.74) is 0. The molecule has 18 heavy (non-hydrogen) atoms. The van der Waals surface area contributed by atoms with Crippen molar-refractivity contribution < 1.29 is 9.53 Å². The molecule has 1 unspecified atom stereocenters. The van der Waals surface area contributed by atoms with Crippen molar-refractivity contribution in [2.45, 2.75) is 64.6 Å². The molecular weight excluding hydrogens is 226 g/mol. The molecule has 2 bridgehead atoms. The van der Waals surface area contributed by atoms with Crippen molar-refractivity contribution in [2.24, 2.45) is 5.92 Å². The zero-order valence-corrected chi connectivity index (χ0v) is 11.8. The molecule has 1 aliphatic carbocycles. The lowest BCUT2D eigenvalue weighted by Crippen LogP contribution is -2.46. The number of likely N-dealkylation sites (tertiary alicyclic amines) is 1. The van der Waals surface area contributed by atoms with Crippen LogP contribution < -0.4 is 0 Å². The number of nitrogens with zero attached hydrogens (tertiary/aromatic N) is 1. The maximum absolute atomic E-state index is 12.4. The highest BCUT2D eigenvalue weighted by Gasteiger charge is 2.52. The van der Waals surface area contributed by atoms with Gasteiger partial charge in [0, 0.05) is 18.7 Å². The minimum absolute atomic E-state index is 0.124. The average Bonchev–Trinajstić information content (AvgIpc) is 2.90. The molecular formula is C15H25NO2. The molecule has 0 N–H and O–H groups in total. The number of carbonyl (C=O) groups is 1. The molecule has 2 aliphatic rings. The van der Waals surface area contributed by atoms with E-state index in [0.717, 1.165) is 32.3 Å². The number of amides is 1. The monoisotopic (exact) mass is 251 g/mol. The molecule has 0 aromatic carbocycles. The number of carbonyl (C=O) groups excluding carboxylic acids is 1. The van der Waals surface area contributed by atoms with Gasteiger partial charge in [0.1, 0.15) is 0 Å². The molecule has 1 aliphatic heterocycles. The molecule has 0 aromatic rings. The van der Waals surface area contributed by atoms with E-state index in [9.17, 15) is 4.79 Å². The molecule has 102 valence electrons. The van der Waals surface area contributed by atoms with Crippen molar-refractivity contribution >= 4 is 5.91 Å². The second kappa shape index (κ2) is 5.87. The Kier molecular flexibility index (Phi) is 4.44. The molecule has 3 nitrogen and oxygen atoms in total. The second-order valence-corrected chi connectivity index (χ2v) is 5.46. The Balaban J connectivity index is 1.96. The van der Waals surface area contributed by atoms with Gasteiger partial charge in [-0.1, -0.05) is 26.0 Å². The van der Waals surface area contributed by atoms with Gasteiger partial charge in [-0.3, -0.25) is 4.79 Å². The highest BCUT2D eigenvalue weighted by atomic mass is 16.5. The molecule has 1 heterocycles. The minimum atomic E-state index is 0.124. The number of rotatable bonds is 6. The van der Waals surface area contributed by atoms with E-state index >= 15 is 0 Å². The number of allylic oxidation sites excluding steroid dienone is 1. The van der Waals surface area contributed by atoms with Crippen LogP contribution in [0.4, 0.5) is 0 Å². The predicted octanol–water partition coefficient (Wildman–Crippen LogP) is 2.76. The third-order valence-corrected chi connectivity index (χ3v) is 4.07. The van der Waals surface area contributed by atoms with Gasteiger partial charge in [0.15, 0.2) is 0 Å². The van der Waals surface area contributed by atoms with E-state index in [0.29, 0.717) is 11.9 Å². The van der Waals surface area contributed by atoms with Crippen LogP contribution in [0.5, 0.6) is 0 Å². The maximum Gasteiger partial charge on any atom is 0.229 e. The van der Waals surface area contributed by atoms with Gasteiger partial charge in [-0.15, -0.1) is 0 Å². The highest BCUT2D eigenvalue weighted by molar-refractivity contribution is 5.83. The quantitative estimate of drug-likeness (QED) is 0.679. The van der Waals surface area contributed by atoms with Crippen LogP contribution in [0, 0.1) is 5.92 Å². The number of ether oxygens (including phenoxy) is 1. The van der Waals surface area contributed by atoms with Crippen LogP contribution in [0.2, 0.25) is 0 Å². The number of fused-ring (bicyclic) bond motifs is 2. The predicted molar refractivity (Wildman–Crippen MR) is 72.3 cm³/mol. The number of hydrogen-bond donors (Lipinski definition) is 0. The zero-order chi connectivity index (χ0) is 13.1. The minimum Gasteiger partial charge on any atom is -0.377 e. The SMILES string of the molecule is CC/C=C\C(C)N1C(=O)[C@@H]2C[C@H]1C[C@H]2OCCC. The van der Waals surface area contributed by atoms with Crippen LogP contribution in [-0.4, -0.2) is 35.6 Å². The molecule has 0 spiro atoms. The molecule has 1 saturated heterocycles. The fourth-order valence-electron chi connectivity index (χ4n) is 3.24. The highest BCUT2D eigenvalue weighted by Crippen LogP contribution is 2.41. The summed E-state index contributed by atoms with van der Waals surface area (Å²) >= 11 is 0. The van der Waals surface area contributed by atoms with E-state index < -0.39 is 0 Å². The fraction of sp³-hybridized carbons (Fsp3) is 0.800. The van der Waals surface area contributed by atoms with Crippen LogP contribution in [0.1, 0.15) is 46.5 Å². The molecule has 4 atom stereocenters. The Labute approximate surface area is 110 Å². The second-order valence-electron chi connectivity index (χ2n) is 5.46. The maximum atomic E-state index is 12.4. The molecule has 3 heteroatoms. The van der Waals surface area contributed by atoms with E-state index in [4.69, 9.17) is 4.74 Å². The average molecular weight is 251 g/mol. The fourth-order valence-corrected chi connectivity index (χ4v) is 3.24. The Bertz CT molecular complexity index is 326. The van der Waals surface area contributed by atoms with E-state index in [1.165, 1.54) is 0 Å². The Hall–Kier alpha value is -0.830. The molecule has 0 radical (unpaired) electrons. The van der Waals surface area contributed by atoms with E-state index in [-0.39, 0.29) is 18.1 Å². The summed E-state index contributed by atoms with van der Waals surface area (Å²) in [7, 11) is 0. The van der Waals surface area contributed by atoms with Crippen molar-refractivity contribution in [3.63, 3.8) is 0 Å². The van der Waals surface area contributed by atoms with Gasteiger partial charge in [-0.2, -0.15) is 0 Å².